The van der Waals surface area contributed by atoms with E-state index in [0.717, 1.165) is 5.69 Å². The molecule has 2 rings (SSSR count). The zero-order chi connectivity index (χ0) is 10.8. The standard InChI is InChI=1S/C10H10N4O/c1-7-9(13-15)10(11)14(12-7)8-5-3-2-4-6-8/h2-6H,11H2,1H3. The average molecular weight is 202 g/mol. The second kappa shape index (κ2) is 3.53. The van der Waals surface area contributed by atoms with Crippen LogP contribution < -0.4 is 5.73 Å². The second-order valence-electron chi connectivity index (χ2n) is 3.16. The van der Waals surface area contributed by atoms with E-state index >= 15 is 0 Å². The van der Waals surface area contributed by atoms with Crippen molar-refractivity contribution in [2.24, 2.45) is 5.18 Å². The number of anilines is 1. The molecule has 0 radical (unpaired) electrons. The second-order valence-corrected chi connectivity index (χ2v) is 3.16. The molecule has 1 aromatic carbocycles. The van der Waals surface area contributed by atoms with E-state index in [9.17, 15) is 4.91 Å². The van der Waals surface area contributed by atoms with E-state index in [4.69, 9.17) is 5.73 Å². The number of hydrogen-bond donors (Lipinski definition) is 1. The maximum Gasteiger partial charge on any atom is 0.172 e. The number of hydrogen-bond acceptors (Lipinski definition) is 4. The fraction of sp³-hybridized carbons (Fsp3) is 0.100. The van der Waals surface area contributed by atoms with Gasteiger partial charge in [-0.3, -0.25) is 0 Å². The van der Waals surface area contributed by atoms with E-state index in [0.29, 0.717) is 5.69 Å². The van der Waals surface area contributed by atoms with Gasteiger partial charge in [-0.05, 0) is 24.2 Å². The topological polar surface area (TPSA) is 73.3 Å². The van der Waals surface area contributed by atoms with Crippen LogP contribution in [0.15, 0.2) is 35.5 Å². The van der Waals surface area contributed by atoms with E-state index in [2.05, 4.69) is 10.3 Å². The van der Waals surface area contributed by atoms with Crippen LogP contribution in [0.2, 0.25) is 0 Å². The molecule has 0 aliphatic carbocycles. The molecule has 5 heteroatoms. The zero-order valence-electron chi connectivity index (χ0n) is 8.21. The molecule has 2 N–H and O–H groups in total. The van der Waals surface area contributed by atoms with Crippen molar-refractivity contribution in [3.63, 3.8) is 0 Å². The molecule has 0 saturated heterocycles. The lowest BCUT2D eigenvalue weighted by molar-refractivity contribution is 0.872. The van der Waals surface area contributed by atoms with Gasteiger partial charge in [0.15, 0.2) is 11.5 Å². The number of nitrogens with zero attached hydrogens (tertiary/aromatic N) is 3. The maximum absolute atomic E-state index is 10.5. The summed E-state index contributed by atoms with van der Waals surface area (Å²) in [6.07, 6.45) is 0. The van der Waals surface area contributed by atoms with Crippen molar-refractivity contribution in [2.45, 2.75) is 6.92 Å². The molecule has 0 aliphatic heterocycles. The Morgan fingerprint density at radius 2 is 2.00 bits per heavy atom. The minimum atomic E-state index is 0.207. The van der Waals surface area contributed by atoms with Crippen LogP contribution in [0.4, 0.5) is 11.5 Å². The third kappa shape index (κ3) is 1.48. The van der Waals surface area contributed by atoms with Gasteiger partial charge in [-0.1, -0.05) is 18.2 Å². The summed E-state index contributed by atoms with van der Waals surface area (Å²) in [5, 5.41) is 7.01. The van der Waals surface area contributed by atoms with Crippen molar-refractivity contribution in [2.75, 3.05) is 5.73 Å². The van der Waals surface area contributed by atoms with Gasteiger partial charge in [0.05, 0.1) is 11.4 Å². The Kier molecular flexibility index (Phi) is 2.21. The largest absolute Gasteiger partial charge is 0.382 e. The van der Waals surface area contributed by atoms with Crippen LogP contribution >= 0.6 is 0 Å². The van der Waals surface area contributed by atoms with E-state index < -0.39 is 0 Å². The van der Waals surface area contributed by atoms with Crippen molar-refractivity contribution in [1.82, 2.24) is 9.78 Å². The summed E-state index contributed by atoms with van der Waals surface area (Å²) in [7, 11) is 0. The minimum absolute atomic E-state index is 0.207. The number of rotatable bonds is 2. The molecule has 0 fully saturated rings. The van der Waals surface area contributed by atoms with E-state index in [1.165, 1.54) is 4.68 Å². The van der Waals surface area contributed by atoms with Crippen molar-refractivity contribution in [3.05, 3.63) is 40.9 Å². The van der Waals surface area contributed by atoms with E-state index in [1.807, 2.05) is 30.3 Å². The molecule has 76 valence electrons. The van der Waals surface area contributed by atoms with Crippen LogP contribution in [-0.2, 0) is 0 Å². The Morgan fingerprint density at radius 1 is 1.33 bits per heavy atom. The van der Waals surface area contributed by atoms with Crippen LogP contribution in [0.25, 0.3) is 5.69 Å². The highest BCUT2D eigenvalue weighted by atomic mass is 16.3. The third-order valence-corrected chi connectivity index (χ3v) is 2.16. The first-order chi connectivity index (χ1) is 7.24. The van der Waals surface area contributed by atoms with Gasteiger partial charge in [0.25, 0.3) is 0 Å². The Morgan fingerprint density at radius 3 is 2.53 bits per heavy atom. The van der Waals surface area contributed by atoms with Gasteiger partial charge in [0.2, 0.25) is 0 Å². The van der Waals surface area contributed by atoms with Crippen LogP contribution in [-0.4, -0.2) is 9.78 Å². The Hall–Kier alpha value is -2.17. The number of benzene rings is 1. The van der Waals surface area contributed by atoms with Gasteiger partial charge < -0.3 is 5.73 Å². The average Bonchev–Trinajstić information content (AvgIpc) is 2.55. The van der Waals surface area contributed by atoms with Gasteiger partial charge in [-0.2, -0.15) is 5.10 Å². The van der Waals surface area contributed by atoms with Gasteiger partial charge in [-0.25, -0.2) is 4.68 Å². The van der Waals surface area contributed by atoms with Crippen molar-refractivity contribution >= 4 is 11.5 Å². The molecule has 1 aromatic heterocycles. The van der Waals surface area contributed by atoms with Crippen molar-refractivity contribution in [3.8, 4) is 5.69 Å². The predicted molar refractivity (Wildman–Crippen MR) is 58.2 cm³/mol. The first-order valence-corrected chi connectivity index (χ1v) is 4.48. The summed E-state index contributed by atoms with van der Waals surface area (Å²) < 4.78 is 1.51. The first kappa shape index (κ1) is 9.39. The Bertz CT molecular complexity index is 490. The SMILES string of the molecule is Cc1nn(-c2ccccc2)c(N)c1N=O. The third-order valence-electron chi connectivity index (χ3n) is 2.16. The van der Waals surface area contributed by atoms with Gasteiger partial charge >= 0.3 is 0 Å². The summed E-state index contributed by atoms with van der Waals surface area (Å²) in [4.78, 5) is 10.5. The number of nitrogens with two attached hydrogens (primary N) is 1. The molecule has 0 atom stereocenters. The fourth-order valence-corrected chi connectivity index (χ4v) is 1.42. The fourth-order valence-electron chi connectivity index (χ4n) is 1.42. The summed E-state index contributed by atoms with van der Waals surface area (Å²) in [5.74, 6) is 0.272. The summed E-state index contributed by atoms with van der Waals surface area (Å²) in [5.41, 5.74) is 7.31. The molecule has 0 amide bonds. The van der Waals surface area contributed by atoms with Crippen molar-refractivity contribution in [1.29, 1.82) is 0 Å². The molecule has 2 aromatic rings. The van der Waals surface area contributed by atoms with Crippen LogP contribution in [0.3, 0.4) is 0 Å². The Balaban J connectivity index is 2.60. The monoisotopic (exact) mass is 202 g/mol. The number of aryl methyl sites for hydroxylation is 1. The lowest BCUT2D eigenvalue weighted by atomic mass is 10.3. The number of nitroso groups, excluding NO2 is 1. The summed E-state index contributed by atoms with van der Waals surface area (Å²) in [6, 6.07) is 9.36. The molecule has 1 heterocycles. The molecule has 0 unspecified atom stereocenters. The number of aromatic nitrogens is 2. The highest BCUT2D eigenvalue weighted by molar-refractivity contribution is 5.63. The molecule has 0 bridgehead atoms. The van der Waals surface area contributed by atoms with E-state index in [1.54, 1.807) is 6.92 Å². The normalized spacial score (nSPS) is 10.2. The summed E-state index contributed by atoms with van der Waals surface area (Å²) >= 11 is 0. The lowest BCUT2D eigenvalue weighted by Crippen LogP contribution is -2.01. The zero-order valence-corrected chi connectivity index (χ0v) is 8.21. The molecular weight excluding hydrogens is 192 g/mol. The highest BCUT2D eigenvalue weighted by Crippen LogP contribution is 2.27. The molecule has 15 heavy (non-hydrogen) atoms. The van der Waals surface area contributed by atoms with Crippen LogP contribution in [0, 0.1) is 11.8 Å². The Labute approximate surface area is 86.5 Å². The molecule has 0 aliphatic rings. The van der Waals surface area contributed by atoms with Crippen LogP contribution in [0.5, 0.6) is 0 Å². The smallest absolute Gasteiger partial charge is 0.172 e. The molecule has 5 nitrogen and oxygen atoms in total. The predicted octanol–water partition coefficient (Wildman–Crippen LogP) is 2.16. The molecular formula is C10H10N4O. The molecule has 0 saturated carbocycles. The lowest BCUT2D eigenvalue weighted by Gasteiger charge is -2.02. The van der Waals surface area contributed by atoms with Crippen molar-refractivity contribution < 1.29 is 0 Å². The highest BCUT2D eigenvalue weighted by Gasteiger charge is 2.13. The van der Waals surface area contributed by atoms with Gasteiger partial charge in [0, 0.05) is 0 Å². The number of para-hydroxylation sites is 1. The van der Waals surface area contributed by atoms with Gasteiger partial charge in [-0.15, -0.1) is 4.91 Å². The quantitative estimate of drug-likeness (QED) is 0.758. The van der Waals surface area contributed by atoms with Gasteiger partial charge in [0.1, 0.15) is 0 Å². The van der Waals surface area contributed by atoms with Crippen LogP contribution in [0.1, 0.15) is 5.69 Å². The first-order valence-electron chi connectivity index (χ1n) is 4.48. The minimum Gasteiger partial charge on any atom is -0.382 e. The number of nitrogen functional groups attached to an aromatic ring is 1. The molecule has 0 spiro atoms. The maximum atomic E-state index is 10.5. The van der Waals surface area contributed by atoms with E-state index in [-0.39, 0.29) is 11.5 Å². The summed E-state index contributed by atoms with van der Waals surface area (Å²) in [6.45, 7) is 1.70.